The molecule has 0 aliphatic rings. The summed E-state index contributed by atoms with van der Waals surface area (Å²) in [5.74, 6) is 0.774. The van der Waals surface area contributed by atoms with Crippen molar-refractivity contribution in [2.75, 3.05) is 13.2 Å². The molecule has 0 bridgehead atoms. The van der Waals surface area contributed by atoms with Crippen molar-refractivity contribution >= 4 is 5.97 Å². The normalized spacial score (nSPS) is 11.8. The molecule has 1 aromatic heterocycles. The van der Waals surface area contributed by atoms with Crippen molar-refractivity contribution in [1.82, 2.24) is 9.97 Å². The van der Waals surface area contributed by atoms with Crippen LogP contribution in [0.1, 0.15) is 76.2 Å². The number of unbranched alkanes of at least 4 members (excludes halogenated alkanes) is 5. The molecule has 1 heterocycles. The third-order valence-electron chi connectivity index (χ3n) is 4.97. The minimum absolute atomic E-state index is 0.232. The second kappa shape index (κ2) is 12.9. The summed E-state index contributed by atoms with van der Waals surface area (Å²) in [5.41, 5.74) is 1.88. The molecule has 5 nitrogen and oxygen atoms in total. The van der Waals surface area contributed by atoms with Crippen LogP contribution in [0.15, 0.2) is 36.7 Å². The summed E-state index contributed by atoms with van der Waals surface area (Å²) in [6, 6.07) is 7.81. The predicted octanol–water partition coefficient (Wildman–Crippen LogP) is 6.09. The number of nitrogens with zero attached hydrogens (tertiary/aromatic N) is 2. The molecule has 2 rings (SSSR count). The molecule has 1 aromatic carbocycles. The minimum atomic E-state index is -0.428. The molecule has 0 fully saturated rings. The largest absolute Gasteiger partial charge is 0.494 e. The Morgan fingerprint density at radius 3 is 2.34 bits per heavy atom. The maximum atomic E-state index is 12.0. The quantitative estimate of drug-likeness (QED) is 0.302. The molecule has 1 unspecified atom stereocenters. The van der Waals surface area contributed by atoms with Gasteiger partial charge < -0.3 is 9.47 Å². The average Bonchev–Trinajstić information content (AvgIpc) is 2.77. The van der Waals surface area contributed by atoms with E-state index in [1.807, 2.05) is 31.2 Å². The van der Waals surface area contributed by atoms with Crippen LogP contribution in [0.2, 0.25) is 0 Å². The number of esters is 1. The van der Waals surface area contributed by atoms with Crippen molar-refractivity contribution in [1.29, 1.82) is 0 Å². The Morgan fingerprint density at radius 2 is 1.69 bits per heavy atom. The summed E-state index contributed by atoms with van der Waals surface area (Å²) in [6.07, 6.45) is 11.6. The molecule has 2 aromatic rings. The van der Waals surface area contributed by atoms with E-state index in [4.69, 9.17) is 9.47 Å². The van der Waals surface area contributed by atoms with Gasteiger partial charge >= 0.3 is 5.97 Å². The molecule has 0 radical (unpaired) electrons. The van der Waals surface area contributed by atoms with E-state index in [0.29, 0.717) is 18.2 Å². The third-order valence-corrected chi connectivity index (χ3v) is 4.97. The molecule has 5 heteroatoms. The Labute approximate surface area is 174 Å². The maximum Gasteiger partial charge on any atom is 0.358 e. The third kappa shape index (κ3) is 8.22. The van der Waals surface area contributed by atoms with Gasteiger partial charge in [-0.15, -0.1) is 0 Å². The topological polar surface area (TPSA) is 61.3 Å². The molecule has 0 spiro atoms. The first kappa shape index (κ1) is 22.9. The highest BCUT2D eigenvalue weighted by Gasteiger charge is 2.12. The van der Waals surface area contributed by atoms with Gasteiger partial charge in [0.05, 0.1) is 31.3 Å². The van der Waals surface area contributed by atoms with Gasteiger partial charge in [0.2, 0.25) is 0 Å². The van der Waals surface area contributed by atoms with E-state index in [2.05, 4.69) is 23.8 Å². The molecule has 29 heavy (non-hydrogen) atoms. The van der Waals surface area contributed by atoms with E-state index in [1.54, 1.807) is 6.20 Å². The molecule has 0 aliphatic carbocycles. The lowest BCUT2D eigenvalue weighted by Crippen LogP contribution is -2.13. The van der Waals surface area contributed by atoms with Gasteiger partial charge in [-0.1, -0.05) is 59.3 Å². The summed E-state index contributed by atoms with van der Waals surface area (Å²) in [7, 11) is 0. The fourth-order valence-corrected chi connectivity index (χ4v) is 2.79. The van der Waals surface area contributed by atoms with Crippen LogP contribution in [0.4, 0.5) is 0 Å². The van der Waals surface area contributed by atoms with Crippen LogP contribution in [-0.4, -0.2) is 29.2 Å². The Balaban J connectivity index is 1.79. The highest BCUT2D eigenvalue weighted by atomic mass is 16.5. The first-order valence-electron chi connectivity index (χ1n) is 10.9. The number of rotatable bonds is 13. The van der Waals surface area contributed by atoms with Gasteiger partial charge in [0.1, 0.15) is 5.75 Å². The summed E-state index contributed by atoms with van der Waals surface area (Å²) in [4.78, 5) is 20.6. The van der Waals surface area contributed by atoms with E-state index in [0.717, 1.165) is 30.8 Å². The van der Waals surface area contributed by atoms with Crippen LogP contribution in [0.3, 0.4) is 0 Å². The predicted molar refractivity (Wildman–Crippen MR) is 116 cm³/mol. The Hall–Kier alpha value is -2.43. The van der Waals surface area contributed by atoms with Crippen LogP contribution < -0.4 is 4.74 Å². The monoisotopic (exact) mass is 398 g/mol. The summed E-state index contributed by atoms with van der Waals surface area (Å²) in [5, 5.41) is 0. The second-order valence-electron chi connectivity index (χ2n) is 7.54. The van der Waals surface area contributed by atoms with Gasteiger partial charge in [-0.2, -0.15) is 0 Å². The number of hydrogen-bond acceptors (Lipinski definition) is 5. The molecule has 0 N–H and O–H groups in total. The summed E-state index contributed by atoms with van der Waals surface area (Å²) >= 11 is 0. The molecular formula is C24H34N2O3. The number of aromatic nitrogens is 2. The Bertz CT molecular complexity index is 714. The molecule has 158 valence electrons. The van der Waals surface area contributed by atoms with Crippen molar-refractivity contribution in [2.24, 2.45) is 5.92 Å². The second-order valence-corrected chi connectivity index (χ2v) is 7.54. The van der Waals surface area contributed by atoms with Crippen LogP contribution in [-0.2, 0) is 4.74 Å². The van der Waals surface area contributed by atoms with Crippen molar-refractivity contribution < 1.29 is 14.3 Å². The van der Waals surface area contributed by atoms with Gasteiger partial charge in [0.25, 0.3) is 0 Å². The lowest BCUT2D eigenvalue weighted by Gasteiger charge is -2.09. The first-order chi connectivity index (χ1) is 14.1. The van der Waals surface area contributed by atoms with Crippen LogP contribution in [0.25, 0.3) is 11.3 Å². The number of hydrogen-bond donors (Lipinski definition) is 0. The molecule has 0 saturated carbocycles. The average molecular weight is 399 g/mol. The van der Waals surface area contributed by atoms with Crippen molar-refractivity contribution in [2.45, 2.75) is 65.7 Å². The zero-order valence-corrected chi connectivity index (χ0v) is 18.0. The van der Waals surface area contributed by atoms with Crippen molar-refractivity contribution in [3.05, 3.63) is 42.4 Å². The van der Waals surface area contributed by atoms with Gasteiger partial charge in [-0.3, -0.25) is 4.98 Å². The van der Waals surface area contributed by atoms with Gasteiger partial charge in [-0.05, 0) is 36.6 Å². The van der Waals surface area contributed by atoms with E-state index >= 15 is 0 Å². The van der Waals surface area contributed by atoms with Crippen molar-refractivity contribution in [3.63, 3.8) is 0 Å². The van der Waals surface area contributed by atoms with Gasteiger partial charge in [0.15, 0.2) is 5.69 Å². The lowest BCUT2D eigenvalue weighted by molar-refractivity contribution is 0.0439. The Kier molecular flexibility index (Phi) is 10.2. The fourth-order valence-electron chi connectivity index (χ4n) is 2.79. The zero-order valence-electron chi connectivity index (χ0n) is 18.0. The number of carbonyl (C=O) groups is 1. The van der Waals surface area contributed by atoms with E-state index in [1.165, 1.54) is 38.3 Å². The molecular weight excluding hydrogens is 364 g/mol. The first-order valence-corrected chi connectivity index (χ1v) is 10.9. The highest BCUT2D eigenvalue weighted by molar-refractivity contribution is 5.87. The van der Waals surface area contributed by atoms with Crippen molar-refractivity contribution in [3.8, 4) is 17.0 Å². The number of benzene rings is 1. The maximum absolute atomic E-state index is 12.0. The standard InChI is InChI=1S/C24H34N2O3/c1-4-6-7-8-9-10-15-28-21-13-11-20(12-14-21)22-16-26-23(17-25-22)24(27)29-18-19(3)5-2/h11-14,16-17,19H,4-10,15,18H2,1-3H3. The zero-order chi connectivity index (χ0) is 20.9. The highest BCUT2D eigenvalue weighted by Crippen LogP contribution is 2.20. The summed E-state index contributed by atoms with van der Waals surface area (Å²) < 4.78 is 11.1. The van der Waals surface area contributed by atoms with Crippen LogP contribution in [0.5, 0.6) is 5.75 Å². The fraction of sp³-hybridized carbons (Fsp3) is 0.542. The van der Waals surface area contributed by atoms with E-state index in [9.17, 15) is 4.79 Å². The minimum Gasteiger partial charge on any atom is -0.494 e. The van der Waals surface area contributed by atoms with E-state index < -0.39 is 5.97 Å². The molecule has 0 amide bonds. The molecule has 1 atom stereocenters. The lowest BCUT2D eigenvalue weighted by atomic mass is 10.1. The SMILES string of the molecule is CCCCCCCCOc1ccc(-c2cnc(C(=O)OCC(C)CC)cn2)cc1. The number of ether oxygens (including phenoxy) is 2. The van der Waals surface area contributed by atoms with Crippen LogP contribution >= 0.6 is 0 Å². The van der Waals surface area contributed by atoms with Crippen LogP contribution in [0, 0.1) is 5.92 Å². The smallest absolute Gasteiger partial charge is 0.358 e. The number of carbonyl (C=O) groups excluding carboxylic acids is 1. The molecule has 0 saturated heterocycles. The van der Waals surface area contributed by atoms with E-state index in [-0.39, 0.29) is 5.69 Å². The summed E-state index contributed by atoms with van der Waals surface area (Å²) in [6.45, 7) is 7.49. The molecule has 0 aliphatic heterocycles. The van der Waals surface area contributed by atoms with Gasteiger partial charge in [0, 0.05) is 5.56 Å². The Morgan fingerprint density at radius 1 is 0.966 bits per heavy atom. The van der Waals surface area contributed by atoms with Gasteiger partial charge in [-0.25, -0.2) is 9.78 Å².